The number of carbonyl (C=O) groups excluding carboxylic acids is 2. The Balaban J connectivity index is 0.979. The maximum Gasteiger partial charge on any atom is 0.306 e. The lowest BCUT2D eigenvalue weighted by molar-refractivity contribution is -0.147. The van der Waals surface area contributed by atoms with E-state index in [-0.39, 0.29) is 23.6 Å². The zero-order valence-corrected chi connectivity index (χ0v) is 48.5. The second-order valence-corrected chi connectivity index (χ2v) is 22.7. The Morgan fingerprint density at radius 2 is 0.713 bits per heavy atom. The van der Waals surface area contributed by atoms with Crippen LogP contribution in [0.4, 0.5) is 34.1 Å². The monoisotopic (exact) mass is 1060 g/mol. The first-order valence-corrected chi connectivity index (χ1v) is 29.5. The Kier molecular flexibility index (Phi) is 21.3. The maximum atomic E-state index is 13.4. The molecule has 0 atom stereocenters. The molecule has 0 saturated heterocycles. The van der Waals surface area contributed by atoms with Crippen molar-refractivity contribution in [3.05, 3.63) is 217 Å². The summed E-state index contributed by atoms with van der Waals surface area (Å²) in [6.45, 7) is 13.6. The van der Waals surface area contributed by atoms with Gasteiger partial charge in [-0.1, -0.05) is 213 Å². The van der Waals surface area contributed by atoms with Crippen LogP contribution >= 0.6 is 0 Å². The van der Waals surface area contributed by atoms with Gasteiger partial charge in [0.05, 0.1) is 12.2 Å². The molecule has 8 aromatic carbocycles. The number of hydrogen-bond donors (Lipinski definition) is 0. The number of aryl methyl sites for hydroxylation is 2. The molecule has 0 spiro atoms. The molecule has 0 amide bonds. The van der Waals surface area contributed by atoms with Crippen LogP contribution in [0.1, 0.15) is 130 Å². The van der Waals surface area contributed by atoms with Crippen molar-refractivity contribution in [2.75, 3.05) is 23.0 Å². The van der Waals surface area contributed by atoms with Crippen LogP contribution in [0.15, 0.2) is 206 Å². The van der Waals surface area contributed by atoms with Crippen LogP contribution in [0.5, 0.6) is 0 Å². The number of carbonyl (C=O) groups is 2. The van der Waals surface area contributed by atoms with Gasteiger partial charge in [0.1, 0.15) is 12.4 Å². The van der Waals surface area contributed by atoms with Crippen molar-refractivity contribution in [3.8, 4) is 33.4 Å². The van der Waals surface area contributed by atoms with Crippen molar-refractivity contribution in [2.45, 2.75) is 137 Å². The summed E-state index contributed by atoms with van der Waals surface area (Å²) < 4.78 is 11.7. The summed E-state index contributed by atoms with van der Waals surface area (Å²) in [6.07, 6.45) is 13.7. The van der Waals surface area contributed by atoms with Crippen LogP contribution in [-0.4, -0.2) is 30.6 Å². The van der Waals surface area contributed by atoms with Crippen LogP contribution in [0.2, 0.25) is 0 Å². The molecule has 8 rings (SSSR count). The van der Waals surface area contributed by atoms with Gasteiger partial charge in [-0.25, -0.2) is 0 Å². The lowest BCUT2D eigenvalue weighted by Crippen LogP contribution is -2.26. The highest BCUT2D eigenvalue weighted by Gasteiger charge is 2.26. The van der Waals surface area contributed by atoms with Gasteiger partial charge in [0.25, 0.3) is 0 Å². The van der Waals surface area contributed by atoms with Crippen molar-refractivity contribution in [3.63, 3.8) is 0 Å². The van der Waals surface area contributed by atoms with Crippen molar-refractivity contribution < 1.29 is 19.1 Å². The van der Waals surface area contributed by atoms with Crippen LogP contribution in [0.25, 0.3) is 33.4 Å². The fourth-order valence-electron chi connectivity index (χ4n) is 10.6. The summed E-state index contributed by atoms with van der Waals surface area (Å²) >= 11 is 0. The quantitative estimate of drug-likeness (QED) is 0.0330. The van der Waals surface area contributed by atoms with Gasteiger partial charge in [-0.2, -0.15) is 0 Å². The molecule has 0 unspecified atom stereocenters. The van der Waals surface area contributed by atoms with Gasteiger partial charge in [-0.05, 0) is 157 Å². The number of benzene rings is 8. The third kappa shape index (κ3) is 16.8. The number of unbranched alkanes of at least 4 members (excludes halogenated alkanes) is 6. The first-order chi connectivity index (χ1) is 38.9. The molecule has 80 heavy (non-hydrogen) atoms. The van der Waals surface area contributed by atoms with Gasteiger partial charge in [0, 0.05) is 52.4 Å². The number of Topliss-reactive ketones (excluding diaryl/α,β-unsaturated/α-hetero) is 1. The zero-order valence-electron chi connectivity index (χ0n) is 48.5. The number of esters is 1. The molecule has 0 saturated carbocycles. The molecule has 0 aliphatic rings. The number of ether oxygens (including phenoxy) is 2. The van der Waals surface area contributed by atoms with E-state index in [0.717, 1.165) is 88.5 Å². The molecule has 0 bridgehead atoms. The molecular formula is C74H84N2O4. The molecule has 0 radical (unpaired) electrons. The van der Waals surface area contributed by atoms with Crippen LogP contribution < -0.4 is 9.80 Å². The van der Waals surface area contributed by atoms with E-state index in [1.165, 1.54) is 60.8 Å². The molecule has 0 aliphatic carbocycles. The van der Waals surface area contributed by atoms with Gasteiger partial charge >= 0.3 is 5.97 Å². The van der Waals surface area contributed by atoms with Gasteiger partial charge < -0.3 is 19.3 Å². The van der Waals surface area contributed by atoms with E-state index < -0.39 is 0 Å². The van der Waals surface area contributed by atoms with Crippen molar-refractivity contribution in [1.82, 2.24) is 0 Å². The second-order valence-electron chi connectivity index (χ2n) is 22.7. The topological polar surface area (TPSA) is 59.1 Å². The number of ketones is 1. The van der Waals surface area contributed by atoms with Crippen LogP contribution in [0, 0.1) is 5.41 Å². The Labute approximate surface area is 478 Å². The van der Waals surface area contributed by atoms with E-state index in [1.807, 2.05) is 12.1 Å². The largest absolute Gasteiger partial charge is 0.463 e. The van der Waals surface area contributed by atoms with Crippen molar-refractivity contribution in [2.24, 2.45) is 5.41 Å². The van der Waals surface area contributed by atoms with Gasteiger partial charge in [0.2, 0.25) is 0 Å². The van der Waals surface area contributed by atoms with Crippen molar-refractivity contribution in [1.29, 1.82) is 0 Å². The normalized spacial score (nSPS) is 11.6. The zero-order chi connectivity index (χ0) is 56.2. The standard InChI is InChI=1S/C74H84N2O4/c1-7-9-11-19-53-73(3,4)71(77)51-29-57-25-39-65(40-26-57)75(67-43-31-61(32-44-67)59-21-15-13-16-22-59)69-47-35-63(36-48-69)64-37-49-70(50-38-64)76(68-45-33-62(34-46-68)60-23-17-14-18-24-60)66-41-27-58(28-42-66)30-52-72(78)79-55-56-80-74(5,6)54-20-12-10-8-2/h13-18,21-28,31-50H,7-12,19-20,29-30,51-56H2,1-6H3. The first-order valence-electron chi connectivity index (χ1n) is 29.5. The van der Waals surface area contributed by atoms with E-state index >= 15 is 0 Å². The highest BCUT2D eigenvalue weighted by atomic mass is 16.6. The third-order valence-electron chi connectivity index (χ3n) is 15.6. The summed E-state index contributed by atoms with van der Waals surface area (Å²) in [4.78, 5) is 30.8. The van der Waals surface area contributed by atoms with E-state index in [4.69, 9.17) is 9.47 Å². The SMILES string of the molecule is CCCCCCC(C)(C)OCCOC(=O)CCc1ccc(N(c2ccc(-c3ccccc3)cc2)c2ccc(-c3ccc(N(c4ccc(CCC(=O)C(C)(C)CCCCCC)cc4)c4ccc(-c5ccccc5)cc4)cc3)cc2)cc1. The van der Waals surface area contributed by atoms with Crippen molar-refractivity contribution >= 4 is 45.9 Å². The Hall–Kier alpha value is -7.54. The fourth-order valence-corrected chi connectivity index (χ4v) is 10.6. The predicted octanol–water partition coefficient (Wildman–Crippen LogP) is 20.4. The van der Waals surface area contributed by atoms with Crippen LogP contribution in [-0.2, 0) is 31.9 Å². The molecular weight excluding hydrogens is 981 g/mol. The molecule has 414 valence electrons. The molecule has 8 aromatic rings. The van der Waals surface area contributed by atoms with Crippen LogP contribution in [0.3, 0.4) is 0 Å². The molecule has 0 N–H and O–H groups in total. The summed E-state index contributed by atoms with van der Waals surface area (Å²) in [5.41, 5.74) is 14.9. The number of rotatable bonds is 30. The average Bonchev–Trinajstić information content (AvgIpc) is 3.49. The minimum absolute atomic E-state index is 0.210. The number of anilines is 6. The fraction of sp³-hybridized carbons (Fsp3) is 0.324. The lowest BCUT2D eigenvalue weighted by Gasteiger charge is -2.27. The highest BCUT2D eigenvalue weighted by Crippen LogP contribution is 2.40. The minimum atomic E-state index is -0.294. The molecule has 0 heterocycles. The average molecular weight is 1070 g/mol. The van der Waals surface area contributed by atoms with Gasteiger partial charge in [0.15, 0.2) is 0 Å². The predicted molar refractivity (Wildman–Crippen MR) is 336 cm³/mol. The summed E-state index contributed by atoms with van der Waals surface area (Å²) in [7, 11) is 0. The maximum absolute atomic E-state index is 13.4. The van der Waals surface area contributed by atoms with E-state index in [1.54, 1.807) is 0 Å². The molecule has 6 nitrogen and oxygen atoms in total. The minimum Gasteiger partial charge on any atom is -0.463 e. The van der Waals surface area contributed by atoms with Gasteiger partial charge in [-0.3, -0.25) is 9.59 Å². The number of nitrogens with zero attached hydrogens (tertiary/aromatic N) is 2. The molecule has 0 aromatic heterocycles. The highest BCUT2D eigenvalue weighted by molar-refractivity contribution is 5.85. The van der Waals surface area contributed by atoms with E-state index in [9.17, 15) is 9.59 Å². The Bertz CT molecular complexity index is 3110. The number of hydrogen-bond acceptors (Lipinski definition) is 6. The van der Waals surface area contributed by atoms with Gasteiger partial charge in [-0.15, -0.1) is 0 Å². The Morgan fingerprint density at radius 3 is 1.09 bits per heavy atom. The summed E-state index contributed by atoms with van der Waals surface area (Å²) in [6, 6.07) is 73.4. The first kappa shape index (κ1) is 58.6. The lowest BCUT2D eigenvalue weighted by atomic mass is 9.80. The Morgan fingerprint density at radius 1 is 0.375 bits per heavy atom. The summed E-state index contributed by atoms with van der Waals surface area (Å²) in [5, 5.41) is 0. The molecule has 0 aliphatic heterocycles. The third-order valence-corrected chi connectivity index (χ3v) is 15.6. The van der Waals surface area contributed by atoms with E-state index in [0.29, 0.717) is 31.7 Å². The second kappa shape index (κ2) is 29.1. The molecule has 0 fully saturated rings. The molecule has 6 heteroatoms. The smallest absolute Gasteiger partial charge is 0.306 e. The summed E-state index contributed by atoms with van der Waals surface area (Å²) in [5.74, 6) is 0.140. The van der Waals surface area contributed by atoms with E-state index in [2.05, 4.69) is 245 Å².